The van der Waals surface area contributed by atoms with E-state index in [-0.39, 0.29) is 11.5 Å². The average molecular weight is 439 g/mol. The average Bonchev–Trinajstić information content (AvgIpc) is 2.83. The maximum Gasteiger partial charge on any atom is 0.169 e. The first kappa shape index (κ1) is 21.0. The highest BCUT2D eigenvalue weighted by atomic mass is 16.5. The van der Waals surface area contributed by atoms with Gasteiger partial charge in [-0.3, -0.25) is 0 Å². The number of fused-ring (bicyclic) bond motifs is 4. The summed E-state index contributed by atoms with van der Waals surface area (Å²) in [7, 11) is 1.69. The number of phenols is 2. The summed E-state index contributed by atoms with van der Waals surface area (Å²) in [6, 6.07) is 25.3. The van der Waals surface area contributed by atoms with E-state index in [4.69, 9.17) is 9.47 Å². The van der Waals surface area contributed by atoms with Gasteiger partial charge in [0.1, 0.15) is 17.2 Å². The van der Waals surface area contributed by atoms with Gasteiger partial charge in [0.25, 0.3) is 0 Å². The van der Waals surface area contributed by atoms with E-state index in [1.807, 2.05) is 42.5 Å². The Hall–Kier alpha value is -3.92. The molecule has 2 aliphatic rings. The smallest absolute Gasteiger partial charge is 0.169 e. The molecule has 0 unspecified atom stereocenters. The molecule has 0 fully saturated rings. The number of aromatic hydroxyl groups is 2. The van der Waals surface area contributed by atoms with Crippen LogP contribution in [0.1, 0.15) is 22.3 Å². The molecule has 4 nitrogen and oxygen atoms in total. The van der Waals surface area contributed by atoms with Crippen LogP contribution in [0, 0.1) is 0 Å². The SMILES string of the molecule is COc1ccc2c(c1)CCc1ccc(cc1)Oc1cc(ccc1O)CCc1cc(O)ccc1-2. The van der Waals surface area contributed by atoms with Gasteiger partial charge in [-0.15, -0.1) is 0 Å². The third kappa shape index (κ3) is 4.51. The Balaban J connectivity index is 1.64. The van der Waals surface area contributed by atoms with E-state index >= 15 is 0 Å². The van der Waals surface area contributed by atoms with E-state index in [1.54, 1.807) is 19.2 Å². The zero-order chi connectivity index (χ0) is 22.8. The van der Waals surface area contributed by atoms with Crippen molar-refractivity contribution in [1.82, 2.24) is 0 Å². The van der Waals surface area contributed by atoms with Crippen molar-refractivity contribution in [1.29, 1.82) is 0 Å². The van der Waals surface area contributed by atoms with Gasteiger partial charge in [-0.2, -0.15) is 0 Å². The van der Waals surface area contributed by atoms with E-state index < -0.39 is 0 Å². The molecule has 2 N–H and O–H groups in total. The molecule has 166 valence electrons. The number of phenolic OH excluding ortho intramolecular Hbond substituents is 2. The summed E-state index contributed by atoms with van der Waals surface area (Å²) in [6.45, 7) is 0. The zero-order valence-electron chi connectivity index (χ0n) is 18.5. The molecule has 2 aliphatic heterocycles. The van der Waals surface area contributed by atoms with Crippen LogP contribution < -0.4 is 9.47 Å². The fourth-order valence-electron chi connectivity index (χ4n) is 4.42. The predicted octanol–water partition coefficient (Wildman–Crippen LogP) is 6.45. The second-order valence-corrected chi connectivity index (χ2v) is 8.41. The minimum absolute atomic E-state index is 0.116. The Morgan fingerprint density at radius 2 is 1.33 bits per heavy atom. The molecule has 0 saturated heterocycles. The molecule has 0 aromatic heterocycles. The summed E-state index contributed by atoms with van der Waals surface area (Å²) in [6.07, 6.45) is 3.21. The summed E-state index contributed by atoms with van der Waals surface area (Å²) >= 11 is 0. The number of benzene rings is 4. The number of rotatable bonds is 1. The minimum Gasteiger partial charge on any atom is -0.508 e. The van der Waals surface area contributed by atoms with Crippen LogP contribution in [0.5, 0.6) is 28.7 Å². The number of hydrogen-bond donors (Lipinski definition) is 2. The topological polar surface area (TPSA) is 58.9 Å². The Kier molecular flexibility index (Phi) is 5.66. The van der Waals surface area contributed by atoms with Crippen LogP contribution in [0.25, 0.3) is 11.1 Å². The van der Waals surface area contributed by atoms with E-state index in [0.29, 0.717) is 11.5 Å². The van der Waals surface area contributed by atoms with Crippen LogP contribution >= 0.6 is 0 Å². The first-order valence-corrected chi connectivity index (χ1v) is 11.2. The molecule has 4 heteroatoms. The Labute approximate surface area is 193 Å². The van der Waals surface area contributed by atoms with Gasteiger partial charge in [0.2, 0.25) is 0 Å². The highest BCUT2D eigenvalue weighted by Crippen LogP contribution is 2.36. The Bertz CT molecular complexity index is 1290. The predicted molar refractivity (Wildman–Crippen MR) is 130 cm³/mol. The Morgan fingerprint density at radius 3 is 2.09 bits per heavy atom. The van der Waals surface area contributed by atoms with E-state index in [2.05, 4.69) is 24.3 Å². The van der Waals surface area contributed by atoms with Gasteiger partial charge >= 0.3 is 0 Å². The van der Waals surface area contributed by atoms with Crippen molar-refractivity contribution in [3.63, 3.8) is 0 Å². The van der Waals surface area contributed by atoms with Gasteiger partial charge in [-0.1, -0.05) is 30.3 Å². The molecule has 0 radical (unpaired) electrons. The van der Waals surface area contributed by atoms with Gasteiger partial charge < -0.3 is 19.7 Å². The molecule has 0 atom stereocenters. The van der Waals surface area contributed by atoms with Gasteiger partial charge in [0.05, 0.1) is 7.11 Å². The normalized spacial score (nSPS) is 13.0. The third-order valence-electron chi connectivity index (χ3n) is 6.23. The monoisotopic (exact) mass is 438 g/mol. The zero-order valence-corrected chi connectivity index (χ0v) is 18.5. The third-order valence-corrected chi connectivity index (χ3v) is 6.23. The molecule has 6 rings (SSSR count). The first-order valence-electron chi connectivity index (χ1n) is 11.2. The van der Waals surface area contributed by atoms with Gasteiger partial charge in [-0.05, 0) is 108 Å². The molecule has 4 bridgehead atoms. The molecular formula is C29H26O4. The van der Waals surface area contributed by atoms with Crippen molar-refractivity contribution < 1.29 is 19.7 Å². The highest BCUT2D eigenvalue weighted by Gasteiger charge is 2.14. The fraction of sp³-hybridized carbons (Fsp3) is 0.172. The maximum absolute atomic E-state index is 10.3. The van der Waals surface area contributed by atoms with Crippen LogP contribution in [0.2, 0.25) is 0 Å². The maximum atomic E-state index is 10.3. The van der Waals surface area contributed by atoms with Crippen LogP contribution in [-0.2, 0) is 25.7 Å². The van der Waals surface area contributed by atoms with Crippen molar-refractivity contribution in [2.45, 2.75) is 25.7 Å². The van der Waals surface area contributed by atoms with Crippen molar-refractivity contribution in [2.24, 2.45) is 0 Å². The van der Waals surface area contributed by atoms with Crippen molar-refractivity contribution in [2.75, 3.05) is 7.11 Å². The van der Waals surface area contributed by atoms with E-state index in [9.17, 15) is 10.2 Å². The number of ether oxygens (including phenoxy) is 2. The highest BCUT2D eigenvalue weighted by molar-refractivity contribution is 5.72. The summed E-state index contributed by atoms with van der Waals surface area (Å²) in [5.41, 5.74) is 6.81. The molecule has 4 aromatic rings. The molecule has 0 amide bonds. The molecule has 0 spiro atoms. The molecule has 2 heterocycles. The lowest BCUT2D eigenvalue weighted by Gasteiger charge is -2.17. The minimum atomic E-state index is 0.116. The van der Waals surface area contributed by atoms with Gasteiger partial charge in [0, 0.05) is 0 Å². The first-order chi connectivity index (χ1) is 16.1. The lowest BCUT2D eigenvalue weighted by Crippen LogP contribution is -2.00. The number of aryl methyl sites for hydroxylation is 4. The Morgan fingerprint density at radius 1 is 0.667 bits per heavy atom. The fourth-order valence-corrected chi connectivity index (χ4v) is 4.42. The van der Waals surface area contributed by atoms with Crippen LogP contribution in [0.15, 0.2) is 78.9 Å². The molecule has 0 aliphatic carbocycles. The lowest BCUT2D eigenvalue weighted by molar-refractivity contribution is 0.410. The summed E-state index contributed by atoms with van der Waals surface area (Å²) in [4.78, 5) is 0. The molecular weight excluding hydrogens is 412 g/mol. The summed E-state index contributed by atoms with van der Waals surface area (Å²) < 4.78 is 11.5. The second-order valence-electron chi connectivity index (χ2n) is 8.41. The number of methoxy groups -OCH3 is 1. The molecule has 4 aromatic carbocycles. The quantitative estimate of drug-likeness (QED) is 0.359. The molecule has 0 saturated carbocycles. The van der Waals surface area contributed by atoms with Gasteiger partial charge in [0.15, 0.2) is 11.5 Å². The standard InChI is InChI=1S/C29H26O4/c1-32-25-12-14-27-22(18-25)7-2-19-4-10-24(11-5-19)33-29-16-20(6-15-28(29)31)3-8-21-17-23(30)9-13-26(21)27/h4-6,9-18,30-31H,2-3,7-8H2,1H3. The summed E-state index contributed by atoms with van der Waals surface area (Å²) in [5, 5.41) is 20.5. The van der Waals surface area contributed by atoms with Crippen LogP contribution in [-0.4, -0.2) is 17.3 Å². The largest absolute Gasteiger partial charge is 0.508 e. The van der Waals surface area contributed by atoms with E-state index in [0.717, 1.165) is 53.7 Å². The van der Waals surface area contributed by atoms with Crippen molar-refractivity contribution in [3.05, 3.63) is 101 Å². The summed E-state index contributed by atoms with van der Waals surface area (Å²) in [5.74, 6) is 2.35. The van der Waals surface area contributed by atoms with Gasteiger partial charge in [-0.25, -0.2) is 0 Å². The van der Waals surface area contributed by atoms with Crippen molar-refractivity contribution in [3.8, 4) is 39.9 Å². The lowest BCUT2D eigenvalue weighted by atomic mass is 9.90. The second kappa shape index (κ2) is 8.91. The van der Waals surface area contributed by atoms with Crippen molar-refractivity contribution >= 4 is 0 Å². The van der Waals surface area contributed by atoms with Crippen LogP contribution in [0.4, 0.5) is 0 Å². The number of hydrogen-bond acceptors (Lipinski definition) is 4. The van der Waals surface area contributed by atoms with E-state index in [1.165, 1.54) is 11.1 Å². The molecule has 33 heavy (non-hydrogen) atoms. The van der Waals surface area contributed by atoms with Crippen LogP contribution in [0.3, 0.4) is 0 Å².